The van der Waals surface area contributed by atoms with Crippen LogP contribution in [0.1, 0.15) is 12.5 Å². The van der Waals surface area contributed by atoms with E-state index in [2.05, 4.69) is 25.6 Å². The minimum absolute atomic E-state index is 0.301. The van der Waals surface area contributed by atoms with E-state index in [1.54, 1.807) is 25.4 Å². The van der Waals surface area contributed by atoms with Gasteiger partial charge in [-0.1, -0.05) is 0 Å². The number of fused-ring (bicyclic) bond motifs is 1. The Morgan fingerprint density at radius 3 is 2.76 bits per heavy atom. The first-order chi connectivity index (χ1) is 12.1. The second-order valence-electron chi connectivity index (χ2n) is 5.46. The molecule has 7 heteroatoms. The number of nitrogens with zero attached hydrogens (tertiary/aromatic N) is 3. The molecule has 3 aromatic rings. The first-order valence-electron chi connectivity index (χ1n) is 7.94. The summed E-state index contributed by atoms with van der Waals surface area (Å²) in [5.74, 6) is 1.22. The maximum Gasteiger partial charge on any atom is 0.320 e. The van der Waals surface area contributed by atoms with Gasteiger partial charge < -0.3 is 10.1 Å². The van der Waals surface area contributed by atoms with Gasteiger partial charge in [-0.2, -0.15) is 0 Å². The van der Waals surface area contributed by atoms with Gasteiger partial charge in [0.25, 0.3) is 0 Å². The molecule has 2 amide bonds. The van der Waals surface area contributed by atoms with Gasteiger partial charge in [0.05, 0.1) is 19.0 Å². The van der Waals surface area contributed by atoms with Crippen molar-refractivity contribution in [2.75, 3.05) is 19.0 Å². The van der Waals surface area contributed by atoms with Crippen LogP contribution in [0.3, 0.4) is 0 Å². The van der Waals surface area contributed by atoms with Gasteiger partial charge in [0.1, 0.15) is 17.1 Å². The number of hydrogen-bond donors (Lipinski definition) is 2. The molecule has 0 aliphatic heterocycles. The first-order valence-corrected chi connectivity index (χ1v) is 7.94. The highest BCUT2D eigenvalue weighted by molar-refractivity contribution is 5.89. The van der Waals surface area contributed by atoms with E-state index in [1.807, 2.05) is 32.0 Å². The van der Waals surface area contributed by atoms with Crippen molar-refractivity contribution in [2.45, 2.75) is 13.8 Å². The number of anilines is 1. The highest BCUT2D eigenvalue weighted by Gasteiger charge is 2.09. The molecule has 7 nitrogen and oxygen atoms in total. The van der Waals surface area contributed by atoms with Crippen LogP contribution >= 0.6 is 0 Å². The molecule has 0 fully saturated rings. The lowest BCUT2D eigenvalue weighted by Gasteiger charge is -2.09. The SMILES string of the molecule is CCNC(=O)Nc1ccc2ncc(-c3ccc(OC)cc3C)nc2n1. The summed E-state index contributed by atoms with van der Waals surface area (Å²) in [5.41, 5.74) is 3.84. The molecule has 0 aliphatic rings. The number of rotatable bonds is 4. The van der Waals surface area contributed by atoms with Crippen LogP contribution in [0.4, 0.5) is 10.6 Å². The molecular weight excluding hydrogens is 318 g/mol. The van der Waals surface area contributed by atoms with Crippen LogP contribution in [0.15, 0.2) is 36.5 Å². The summed E-state index contributed by atoms with van der Waals surface area (Å²) in [6.45, 7) is 4.38. The van der Waals surface area contributed by atoms with E-state index in [1.165, 1.54) is 0 Å². The Balaban J connectivity index is 1.96. The Kier molecular flexibility index (Phi) is 4.74. The van der Waals surface area contributed by atoms with Gasteiger partial charge in [0.2, 0.25) is 0 Å². The lowest BCUT2D eigenvalue weighted by atomic mass is 10.1. The summed E-state index contributed by atoms with van der Waals surface area (Å²) in [4.78, 5) is 25.0. The third kappa shape index (κ3) is 3.65. The Bertz CT molecular complexity index is 926. The lowest BCUT2D eigenvalue weighted by Crippen LogP contribution is -2.28. The summed E-state index contributed by atoms with van der Waals surface area (Å²) >= 11 is 0. The summed E-state index contributed by atoms with van der Waals surface area (Å²) in [6, 6.07) is 8.95. The first kappa shape index (κ1) is 16.6. The van der Waals surface area contributed by atoms with E-state index in [9.17, 15) is 4.79 Å². The zero-order valence-electron chi connectivity index (χ0n) is 14.3. The molecule has 2 heterocycles. The number of benzene rings is 1. The number of nitrogens with one attached hydrogen (secondary N) is 2. The molecule has 0 aliphatic carbocycles. The fourth-order valence-corrected chi connectivity index (χ4v) is 2.47. The van der Waals surface area contributed by atoms with Crippen molar-refractivity contribution < 1.29 is 9.53 Å². The molecule has 0 unspecified atom stereocenters. The van der Waals surface area contributed by atoms with Gasteiger partial charge in [0.15, 0.2) is 5.65 Å². The highest BCUT2D eigenvalue weighted by Crippen LogP contribution is 2.26. The average Bonchev–Trinajstić information content (AvgIpc) is 2.61. The summed E-state index contributed by atoms with van der Waals surface area (Å²) < 4.78 is 5.23. The summed E-state index contributed by atoms with van der Waals surface area (Å²) in [5, 5.41) is 5.33. The van der Waals surface area contributed by atoms with Crippen molar-refractivity contribution in [1.82, 2.24) is 20.3 Å². The number of methoxy groups -OCH3 is 1. The van der Waals surface area contributed by atoms with Crippen LogP contribution in [0.25, 0.3) is 22.4 Å². The molecule has 0 atom stereocenters. The molecule has 128 valence electrons. The largest absolute Gasteiger partial charge is 0.497 e. The normalized spacial score (nSPS) is 10.5. The van der Waals surface area contributed by atoms with E-state index in [0.29, 0.717) is 23.5 Å². The van der Waals surface area contributed by atoms with Crippen molar-refractivity contribution >= 4 is 23.0 Å². The summed E-state index contributed by atoms with van der Waals surface area (Å²) in [7, 11) is 1.64. The van der Waals surface area contributed by atoms with Gasteiger partial charge in [-0.3, -0.25) is 10.3 Å². The highest BCUT2D eigenvalue weighted by atomic mass is 16.5. The molecule has 0 saturated heterocycles. The summed E-state index contributed by atoms with van der Waals surface area (Å²) in [6.07, 6.45) is 1.72. The number of carbonyl (C=O) groups is 1. The molecule has 0 spiro atoms. The smallest absolute Gasteiger partial charge is 0.320 e. The Morgan fingerprint density at radius 1 is 1.20 bits per heavy atom. The number of aryl methyl sites for hydroxylation is 1. The fraction of sp³-hybridized carbons (Fsp3) is 0.222. The second-order valence-corrected chi connectivity index (χ2v) is 5.46. The quantitative estimate of drug-likeness (QED) is 0.763. The van der Waals surface area contributed by atoms with Gasteiger partial charge >= 0.3 is 6.03 Å². The number of hydrogen-bond acceptors (Lipinski definition) is 5. The van der Waals surface area contributed by atoms with Crippen LogP contribution < -0.4 is 15.4 Å². The van der Waals surface area contributed by atoms with Crippen molar-refractivity contribution in [3.63, 3.8) is 0 Å². The minimum Gasteiger partial charge on any atom is -0.497 e. The molecule has 2 aromatic heterocycles. The number of carbonyl (C=O) groups excluding carboxylic acids is 1. The predicted octanol–water partition coefficient (Wildman–Crippen LogP) is 3.15. The van der Waals surface area contributed by atoms with Crippen LogP contribution in [-0.4, -0.2) is 34.6 Å². The number of ether oxygens (including phenoxy) is 1. The van der Waals surface area contributed by atoms with E-state index in [-0.39, 0.29) is 6.03 Å². The number of pyridine rings is 1. The van der Waals surface area contributed by atoms with Crippen molar-refractivity contribution in [2.24, 2.45) is 0 Å². The maximum absolute atomic E-state index is 11.6. The monoisotopic (exact) mass is 337 g/mol. The molecule has 0 bridgehead atoms. The Morgan fingerprint density at radius 2 is 2.04 bits per heavy atom. The van der Waals surface area contributed by atoms with E-state index in [0.717, 1.165) is 22.6 Å². The standard InChI is InChI=1S/C18H19N5O2/c1-4-19-18(24)23-16-8-7-14-17(22-16)21-15(10-20-14)13-6-5-12(25-3)9-11(13)2/h5-10H,4H2,1-3H3,(H2,19,21,22,23,24). The minimum atomic E-state index is -0.301. The molecule has 2 N–H and O–H groups in total. The zero-order valence-corrected chi connectivity index (χ0v) is 14.3. The number of amides is 2. The van der Waals surface area contributed by atoms with Crippen molar-refractivity contribution in [3.8, 4) is 17.0 Å². The maximum atomic E-state index is 11.6. The third-order valence-electron chi connectivity index (χ3n) is 3.70. The van der Waals surface area contributed by atoms with Crippen molar-refractivity contribution in [3.05, 3.63) is 42.1 Å². The fourth-order valence-electron chi connectivity index (χ4n) is 2.47. The van der Waals surface area contributed by atoms with Crippen molar-refractivity contribution in [1.29, 1.82) is 0 Å². The van der Waals surface area contributed by atoms with E-state index < -0.39 is 0 Å². The zero-order chi connectivity index (χ0) is 17.8. The van der Waals surface area contributed by atoms with E-state index >= 15 is 0 Å². The lowest BCUT2D eigenvalue weighted by molar-refractivity contribution is 0.252. The number of urea groups is 1. The van der Waals surface area contributed by atoms with Gasteiger partial charge in [-0.25, -0.2) is 14.8 Å². The van der Waals surface area contributed by atoms with Gasteiger partial charge in [0, 0.05) is 12.1 Å². The number of aromatic nitrogens is 3. The van der Waals surface area contributed by atoms with Gasteiger partial charge in [-0.15, -0.1) is 0 Å². The molecule has 0 saturated carbocycles. The molecule has 0 radical (unpaired) electrons. The Labute approximate surface area is 145 Å². The molecule has 25 heavy (non-hydrogen) atoms. The van der Waals surface area contributed by atoms with Crippen LogP contribution in [0.5, 0.6) is 5.75 Å². The average molecular weight is 337 g/mol. The predicted molar refractivity (Wildman–Crippen MR) is 96.8 cm³/mol. The van der Waals surface area contributed by atoms with Crippen LogP contribution in [0, 0.1) is 6.92 Å². The second kappa shape index (κ2) is 7.12. The topological polar surface area (TPSA) is 89.0 Å². The molecule has 3 rings (SSSR count). The third-order valence-corrected chi connectivity index (χ3v) is 3.70. The van der Waals surface area contributed by atoms with E-state index in [4.69, 9.17) is 4.74 Å². The molecular formula is C18H19N5O2. The van der Waals surface area contributed by atoms with Gasteiger partial charge in [-0.05, 0) is 49.7 Å². The molecule has 1 aromatic carbocycles. The van der Waals surface area contributed by atoms with Crippen LogP contribution in [0.2, 0.25) is 0 Å². The van der Waals surface area contributed by atoms with Crippen LogP contribution in [-0.2, 0) is 0 Å². The Hall–Kier alpha value is -3.22.